The van der Waals surface area contributed by atoms with Crippen molar-refractivity contribution in [2.75, 3.05) is 9.80 Å². The van der Waals surface area contributed by atoms with Crippen LogP contribution in [-0.4, -0.2) is 6.71 Å². The molecule has 2 aliphatic heterocycles. The van der Waals surface area contributed by atoms with E-state index in [0.717, 1.165) is 42.6 Å². The molecule has 0 fully saturated rings. The molecule has 0 spiro atoms. The highest BCUT2D eigenvalue weighted by Crippen LogP contribution is 2.56. The molecule has 4 heteroatoms. The van der Waals surface area contributed by atoms with Crippen molar-refractivity contribution >= 4 is 68.4 Å². The minimum atomic E-state index is -0.148. The fourth-order valence-corrected chi connectivity index (χ4v) is 14.4. The van der Waals surface area contributed by atoms with Crippen LogP contribution in [0.5, 0.6) is 0 Å². The molecule has 3 heterocycles. The van der Waals surface area contributed by atoms with Crippen molar-refractivity contribution in [3.05, 3.63) is 172 Å². The van der Waals surface area contributed by atoms with Crippen molar-refractivity contribution in [3.8, 4) is 22.3 Å². The molecule has 73 heavy (non-hydrogen) atoms. The summed E-state index contributed by atoms with van der Waals surface area (Å²) in [6, 6.07) is 52.0. The molecule has 0 N–H and O–H groups in total. The molecule has 1 aromatic heterocycles. The van der Waals surface area contributed by atoms with E-state index in [0.29, 0.717) is 0 Å². The van der Waals surface area contributed by atoms with Crippen LogP contribution < -0.4 is 26.4 Å². The minimum absolute atomic E-state index is 0.0125. The maximum atomic E-state index is 7.81. The van der Waals surface area contributed by atoms with E-state index in [1.807, 2.05) is 0 Å². The molecule has 0 amide bonds. The second-order valence-corrected chi connectivity index (χ2v) is 27.0. The first-order valence-electron chi connectivity index (χ1n) is 27.5. The Bertz CT molecular complexity index is 3600. The quantitative estimate of drug-likeness (QED) is 0.164. The maximum Gasteiger partial charge on any atom is 0.297 e. The van der Waals surface area contributed by atoms with Gasteiger partial charge < -0.3 is 14.2 Å². The van der Waals surface area contributed by atoms with Gasteiger partial charge in [-0.1, -0.05) is 168 Å². The largest absolute Gasteiger partial charge is 0.468 e. The van der Waals surface area contributed by atoms with Gasteiger partial charge in [-0.05, 0) is 193 Å². The van der Waals surface area contributed by atoms with Crippen molar-refractivity contribution in [1.29, 1.82) is 0 Å². The number of fused-ring (bicyclic) bond motifs is 9. The van der Waals surface area contributed by atoms with Crippen molar-refractivity contribution < 1.29 is 4.42 Å². The molecule has 3 aliphatic carbocycles. The van der Waals surface area contributed by atoms with Gasteiger partial charge in [0.15, 0.2) is 0 Å². The van der Waals surface area contributed by atoms with Gasteiger partial charge in [0.1, 0.15) is 5.58 Å². The first-order valence-corrected chi connectivity index (χ1v) is 27.5. The number of aryl methyl sites for hydroxylation is 1. The third-order valence-corrected chi connectivity index (χ3v) is 19.3. The Hall–Kier alpha value is -6.26. The minimum Gasteiger partial charge on any atom is -0.468 e. The van der Waals surface area contributed by atoms with Crippen LogP contribution >= 0.6 is 0 Å². The Morgan fingerprint density at radius 2 is 0.918 bits per heavy atom. The van der Waals surface area contributed by atoms with Gasteiger partial charge in [0.05, 0.1) is 17.0 Å². The number of hydrogen-bond acceptors (Lipinski definition) is 3. The number of nitrogens with zero attached hydrogens (tertiary/aromatic N) is 2. The van der Waals surface area contributed by atoms with E-state index in [4.69, 9.17) is 4.42 Å². The second-order valence-electron chi connectivity index (χ2n) is 27.0. The molecule has 0 atom stereocenters. The van der Waals surface area contributed by atoms with Gasteiger partial charge in [-0.3, -0.25) is 0 Å². The van der Waals surface area contributed by atoms with Crippen LogP contribution in [-0.2, 0) is 32.5 Å². The van der Waals surface area contributed by atoms with Crippen LogP contribution in [0.3, 0.4) is 0 Å². The van der Waals surface area contributed by atoms with Gasteiger partial charge in [0.2, 0.25) is 0 Å². The third kappa shape index (κ3) is 6.90. The maximum absolute atomic E-state index is 7.81. The highest BCUT2D eigenvalue weighted by atomic mass is 16.3. The van der Waals surface area contributed by atoms with Crippen LogP contribution in [0.25, 0.3) is 33.2 Å². The summed E-state index contributed by atoms with van der Waals surface area (Å²) in [6.07, 6.45) is 6.95. The second kappa shape index (κ2) is 15.4. The molecule has 3 nitrogen and oxygen atoms in total. The monoisotopic (exact) mass is 957 g/mol. The van der Waals surface area contributed by atoms with Crippen LogP contribution in [0, 0.1) is 6.92 Å². The normalized spacial score (nSPS) is 19.8. The van der Waals surface area contributed by atoms with Gasteiger partial charge in [-0.2, -0.15) is 0 Å². The Kier molecular flexibility index (Phi) is 9.82. The Morgan fingerprint density at radius 3 is 1.52 bits per heavy atom. The zero-order valence-electron chi connectivity index (χ0n) is 45.8. The fourth-order valence-electron chi connectivity index (χ4n) is 14.4. The van der Waals surface area contributed by atoms with E-state index < -0.39 is 0 Å². The molecular weight excluding hydrogens is 884 g/mol. The number of furan rings is 1. The molecule has 368 valence electrons. The van der Waals surface area contributed by atoms with Crippen LogP contribution in [0.4, 0.5) is 34.1 Å². The van der Waals surface area contributed by atoms with Gasteiger partial charge in [-0.15, -0.1) is 0 Å². The lowest BCUT2D eigenvalue weighted by atomic mass is 9.35. The van der Waals surface area contributed by atoms with Gasteiger partial charge >= 0.3 is 0 Å². The average molecular weight is 957 g/mol. The lowest BCUT2D eigenvalue weighted by Gasteiger charge is -2.47. The van der Waals surface area contributed by atoms with Gasteiger partial charge in [0, 0.05) is 33.7 Å². The van der Waals surface area contributed by atoms with Crippen LogP contribution in [0.2, 0.25) is 0 Å². The van der Waals surface area contributed by atoms with Crippen molar-refractivity contribution in [3.63, 3.8) is 0 Å². The predicted molar refractivity (Wildman–Crippen MR) is 312 cm³/mol. The Morgan fingerprint density at radius 1 is 0.411 bits per heavy atom. The Labute approximate surface area is 436 Å². The zero-order chi connectivity index (χ0) is 50.9. The van der Waals surface area contributed by atoms with Crippen molar-refractivity contribution in [2.45, 2.75) is 161 Å². The summed E-state index contributed by atoms with van der Waals surface area (Å²) in [5.41, 5.74) is 27.0. The number of hydrogen-bond donors (Lipinski definition) is 0. The summed E-state index contributed by atoms with van der Waals surface area (Å²) in [5.74, 6) is 0. The standard InChI is InChI=1S/C69H73BN2O/c1-42-34-58-61-59(35-42)72(56-36-45(43-20-16-14-17-21-43)24-26-47(56)44-22-18-15-19-23-44)62-48-38-51-54(69(12,13)33-30-66(51,6)7)41-60(48)73-63(62)70(61)55-39-52-53(68(10,11)32-31-67(52,8)9)40-57(55)71(58)46-25-27-49-50(37-46)65(4,5)29-28-64(49,2)3/h14-27,34-41H,28-33H2,1-13H3. The smallest absolute Gasteiger partial charge is 0.297 e. The highest BCUT2D eigenvalue weighted by Gasteiger charge is 2.50. The first-order chi connectivity index (χ1) is 34.5. The van der Waals surface area contributed by atoms with E-state index >= 15 is 0 Å². The molecule has 0 radical (unpaired) electrons. The highest BCUT2D eigenvalue weighted by molar-refractivity contribution is 7.00. The molecule has 0 saturated heterocycles. The lowest BCUT2D eigenvalue weighted by Crippen LogP contribution is -2.61. The van der Waals surface area contributed by atoms with Gasteiger partial charge in [-0.25, -0.2) is 0 Å². The Balaban J connectivity index is 1.18. The molecule has 7 aromatic carbocycles. The van der Waals surface area contributed by atoms with E-state index in [1.54, 1.807) is 0 Å². The summed E-state index contributed by atoms with van der Waals surface area (Å²) in [6.45, 7) is 31.7. The number of anilines is 6. The number of benzene rings is 7. The average Bonchev–Trinajstić information content (AvgIpc) is 3.74. The summed E-state index contributed by atoms with van der Waals surface area (Å²) >= 11 is 0. The van der Waals surface area contributed by atoms with E-state index in [-0.39, 0.29) is 39.2 Å². The summed E-state index contributed by atoms with van der Waals surface area (Å²) in [4.78, 5) is 5.33. The van der Waals surface area contributed by atoms with E-state index in [1.165, 1.54) is 119 Å². The molecule has 5 aliphatic rings. The molecule has 0 unspecified atom stereocenters. The van der Waals surface area contributed by atoms with Crippen molar-refractivity contribution in [1.82, 2.24) is 0 Å². The summed E-state index contributed by atoms with van der Waals surface area (Å²) in [7, 11) is 0. The van der Waals surface area contributed by atoms with Crippen molar-refractivity contribution in [2.24, 2.45) is 0 Å². The van der Waals surface area contributed by atoms with E-state index in [2.05, 4.69) is 233 Å². The number of rotatable bonds is 4. The molecule has 0 bridgehead atoms. The van der Waals surface area contributed by atoms with Crippen LogP contribution in [0.15, 0.2) is 138 Å². The third-order valence-electron chi connectivity index (χ3n) is 19.3. The van der Waals surface area contributed by atoms with E-state index in [9.17, 15) is 0 Å². The molecular formula is C69H73BN2O. The predicted octanol–water partition coefficient (Wildman–Crippen LogP) is 17.2. The first kappa shape index (κ1) is 46.5. The molecule has 0 saturated carbocycles. The summed E-state index contributed by atoms with van der Waals surface area (Å²) in [5, 5.41) is 1.19. The summed E-state index contributed by atoms with van der Waals surface area (Å²) < 4.78 is 7.81. The fraction of sp³-hybridized carbons (Fsp3) is 0.362. The molecule has 8 aromatic rings. The SMILES string of the molecule is Cc1cc2c3c(c1)N(c1cc(-c4ccccc4)ccc1-c1ccccc1)c1c(oc4cc5c(cc14)C(C)(C)CCC5(C)C)B3c1cc3c(cc1N2c1ccc2c(c1)C(C)(C)CCC2(C)C)C(C)(C)CCC3(C)C. The van der Waals surface area contributed by atoms with Gasteiger partial charge in [0.25, 0.3) is 6.71 Å². The lowest BCUT2D eigenvalue weighted by molar-refractivity contribution is 0.332. The zero-order valence-corrected chi connectivity index (χ0v) is 45.8. The topological polar surface area (TPSA) is 19.6 Å². The molecule has 13 rings (SSSR count). The van der Waals surface area contributed by atoms with Crippen LogP contribution in [0.1, 0.15) is 161 Å².